The SMILES string of the molecule is N#Cc1ccc(-n2c3ccccc3c3cc4c5c(cc6c7ccccc7n(-c7ccc(C#N)cc7)c46)B4c6c(cc(C#N)cc6-c6c7c4cc4c8ccccc8n(-c8ccc(C#N)cc8)c4c7cc4c7ccccc7n(-c7ccc(C#N)cc7)c64)-c5c32)cc1. The van der Waals surface area contributed by atoms with E-state index in [0.29, 0.717) is 27.8 Å². The van der Waals surface area contributed by atoms with Gasteiger partial charge in [-0.05, 0) is 167 Å². The average molecular weight is 1120 g/mol. The van der Waals surface area contributed by atoms with Gasteiger partial charge in [0.15, 0.2) is 0 Å². The lowest BCUT2D eigenvalue weighted by Crippen LogP contribution is -2.57. The van der Waals surface area contributed by atoms with Crippen molar-refractivity contribution in [1.82, 2.24) is 18.3 Å². The molecule has 2 aliphatic rings. The van der Waals surface area contributed by atoms with Gasteiger partial charge in [0, 0.05) is 87.7 Å². The van der Waals surface area contributed by atoms with Crippen molar-refractivity contribution in [3.05, 3.63) is 258 Å². The third-order valence-electron chi connectivity index (χ3n) is 19.2. The summed E-state index contributed by atoms with van der Waals surface area (Å²) in [6.45, 7) is -0.379. The van der Waals surface area contributed by atoms with Gasteiger partial charge in [-0.2, -0.15) is 26.3 Å². The smallest absolute Gasteiger partial charge is 0.244 e. The summed E-state index contributed by atoms with van der Waals surface area (Å²) in [4.78, 5) is 0. The molecule has 17 aromatic rings. The van der Waals surface area contributed by atoms with Gasteiger partial charge in [0.1, 0.15) is 0 Å². The summed E-state index contributed by atoms with van der Waals surface area (Å²) >= 11 is 0. The highest BCUT2D eigenvalue weighted by atomic mass is 15.0. The van der Waals surface area contributed by atoms with Crippen LogP contribution >= 0.6 is 0 Å². The van der Waals surface area contributed by atoms with Gasteiger partial charge in [-0.15, -0.1) is 0 Å². The van der Waals surface area contributed by atoms with Crippen LogP contribution in [0.5, 0.6) is 0 Å². The molecule has 19 rings (SSSR count). The third kappa shape index (κ3) is 6.26. The van der Waals surface area contributed by atoms with Crippen molar-refractivity contribution in [3.8, 4) is 75.3 Å². The summed E-state index contributed by atoms with van der Waals surface area (Å²) in [7, 11) is 0. The van der Waals surface area contributed by atoms with Crippen LogP contribution in [0.15, 0.2) is 231 Å². The largest absolute Gasteiger partial charge is 0.309 e. The molecule has 0 radical (unpaired) electrons. The maximum Gasteiger partial charge on any atom is 0.244 e. The van der Waals surface area contributed by atoms with E-state index in [1.807, 2.05) is 97.1 Å². The van der Waals surface area contributed by atoms with E-state index >= 15 is 0 Å². The second kappa shape index (κ2) is 17.6. The molecule has 0 N–H and O–H groups in total. The predicted octanol–water partition coefficient (Wildman–Crippen LogP) is 16.2. The Bertz CT molecular complexity index is 6000. The maximum absolute atomic E-state index is 11.7. The third-order valence-corrected chi connectivity index (χ3v) is 19.2. The Kier molecular flexibility index (Phi) is 9.58. The Balaban J connectivity index is 1.08. The van der Waals surface area contributed by atoms with Crippen LogP contribution < -0.4 is 16.4 Å². The standard InChI is InChI=1S/C79H38BN9/c81-39-44-17-25-49(26-18-44)86-67-13-5-3-11-55(67)59-37-65-71-63(76(59)86)35-57-53-9-1-7-15-69(53)88(51-29-21-46(41-83)22-30-51)78(57)73(71)61-33-48(43-85)34-62-74-72-64(36-58-54-10-2-8-16-70(54)89(79(58)74)52-31-23-47(42-84)24-32-52)77-60(38-66(72)80(65)75(61)62)56-12-4-6-14-68(56)87(77)50-27-19-45(40-82)20-28-50/h1-38H. The van der Waals surface area contributed by atoms with E-state index in [1.54, 1.807) is 0 Å². The Morgan fingerprint density at radius 1 is 0.258 bits per heavy atom. The van der Waals surface area contributed by atoms with E-state index in [9.17, 15) is 26.3 Å². The van der Waals surface area contributed by atoms with Gasteiger partial charge in [-0.25, -0.2) is 0 Å². The number of hydrogen-bond acceptors (Lipinski definition) is 5. The van der Waals surface area contributed by atoms with Gasteiger partial charge in [0.25, 0.3) is 0 Å². The summed E-state index contributed by atoms with van der Waals surface area (Å²) in [6.07, 6.45) is 0. The number of benzene rings is 13. The molecular weight excluding hydrogens is 1090 g/mol. The summed E-state index contributed by atoms with van der Waals surface area (Å²) in [5, 5.41) is 65.0. The van der Waals surface area contributed by atoms with E-state index in [0.717, 1.165) is 170 Å². The molecule has 2 aliphatic heterocycles. The van der Waals surface area contributed by atoms with Crippen molar-refractivity contribution in [2.75, 3.05) is 0 Å². The quantitative estimate of drug-likeness (QED) is 0.162. The molecule has 9 nitrogen and oxygen atoms in total. The second-order valence-corrected chi connectivity index (χ2v) is 23.4. The van der Waals surface area contributed by atoms with Crippen molar-refractivity contribution in [2.45, 2.75) is 0 Å². The zero-order valence-corrected chi connectivity index (χ0v) is 47.0. The molecule has 0 spiro atoms. The number of fused-ring (bicyclic) bond motifs is 20. The molecule has 4 aromatic heterocycles. The van der Waals surface area contributed by atoms with Crippen molar-refractivity contribution in [3.63, 3.8) is 0 Å². The molecule has 0 atom stereocenters. The van der Waals surface area contributed by atoms with Crippen molar-refractivity contribution in [1.29, 1.82) is 26.3 Å². The van der Waals surface area contributed by atoms with Gasteiger partial charge in [0.2, 0.25) is 6.71 Å². The molecule has 89 heavy (non-hydrogen) atoms. The monoisotopic (exact) mass is 1120 g/mol. The Morgan fingerprint density at radius 3 is 0.843 bits per heavy atom. The molecule has 13 aromatic carbocycles. The maximum atomic E-state index is 11.7. The van der Waals surface area contributed by atoms with Crippen LogP contribution in [-0.2, 0) is 0 Å². The zero-order valence-electron chi connectivity index (χ0n) is 47.0. The lowest BCUT2D eigenvalue weighted by molar-refractivity contribution is 1.18. The van der Waals surface area contributed by atoms with E-state index < -0.39 is 0 Å². The van der Waals surface area contributed by atoms with Crippen molar-refractivity contribution in [2.24, 2.45) is 0 Å². The second-order valence-electron chi connectivity index (χ2n) is 23.4. The molecule has 0 saturated heterocycles. The van der Waals surface area contributed by atoms with Crippen LogP contribution in [0.3, 0.4) is 0 Å². The van der Waals surface area contributed by atoms with E-state index in [4.69, 9.17) is 0 Å². The fraction of sp³-hybridized carbons (Fsp3) is 0. The number of para-hydroxylation sites is 4. The molecule has 0 fully saturated rings. The number of aromatic nitrogens is 4. The number of nitrogens with zero attached hydrogens (tertiary/aromatic N) is 9. The van der Waals surface area contributed by atoms with Crippen LogP contribution in [0, 0.1) is 56.7 Å². The van der Waals surface area contributed by atoms with E-state index in [2.05, 4.69) is 182 Å². The Hall–Kier alpha value is -12.9. The minimum atomic E-state index is -0.379. The highest BCUT2D eigenvalue weighted by Crippen LogP contribution is 2.52. The van der Waals surface area contributed by atoms with Crippen LogP contribution in [0.1, 0.15) is 27.8 Å². The van der Waals surface area contributed by atoms with Crippen molar-refractivity contribution >= 4 is 132 Å². The van der Waals surface area contributed by atoms with Gasteiger partial charge in [-0.1, -0.05) is 101 Å². The van der Waals surface area contributed by atoms with Crippen molar-refractivity contribution < 1.29 is 0 Å². The first kappa shape index (κ1) is 48.5. The Morgan fingerprint density at radius 2 is 0.539 bits per heavy atom. The minimum Gasteiger partial charge on any atom is -0.309 e. The Labute approximate surface area is 507 Å². The molecule has 6 heterocycles. The molecule has 0 unspecified atom stereocenters. The average Bonchev–Trinajstić information content (AvgIpc) is 1.68. The van der Waals surface area contributed by atoms with Gasteiger partial charge < -0.3 is 18.3 Å². The number of nitriles is 5. The van der Waals surface area contributed by atoms with Gasteiger partial charge in [0.05, 0.1) is 102 Å². The lowest BCUT2D eigenvalue weighted by atomic mass is 9.30. The van der Waals surface area contributed by atoms with E-state index in [1.165, 1.54) is 0 Å². The van der Waals surface area contributed by atoms with Crippen LogP contribution in [0.4, 0.5) is 0 Å². The predicted molar refractivity (Wildman–Crippen MR) is 358 cm³/mol. The highest BCUT2D eigenvalue weighted by molar-refractivity contribution is 7.02. The minimum absolute atomic E-state index is 0.379. The fourth-order valence-corrected chi connectivity index (χ4v) is 15.7. The first-order valence-electron chi connectivity index (χ1n) is 29.5. The highest BCUT2D eigenvalue weighted by Gasteiger charge is 2.43. The molecular formula is C79H38BN9. The first-order chi connectivity index (χ1) is 43.9. The summed E-state index contributed by atoms with van der Waals surface area (Å²) in [6, 6.07) is 91.9. The molecule has 10 heteroatoms. The number of rotatable bonds is 4. The first-order valence-corrected chi connectivity index (χ1v) is 29.5. The molecule has 402 valence electrons. The zero-order chi connectivity index (χ0) is 59.1. The van der Waals surface area contributed by atoms with Gasteiger partial charge >= 0.3 is 0 Å². The lowest BCUT2D eigenvalue weighted by Gasteiger charge is -2.36. The number of hydrogen-bond donors (Lipinski definition) is 0. The van der Waals surface area contributed by atoms with Crippen LogP contribution in [-0.4, -0.2) is 25.0 Å². The summed E-state index contributed by atoms with van der Waals surface area (Å²) in [5.74, 6) is 0. The van der Waals surface area contributed by atoms with Crippen LogP contribution in [0.25, 0.3) is 154 Å². The van der Waals surface area contributed by atoms with Gasteiger partial charge in [-0.3, -0.25) is 0 Å². The van der Waals surface area contributed by atoms with Crippen LogP contribution in [0.2, 0.25) is 0 Å². The fourth-order valence-electron chi connectivity index (χ4n) is 15.7. The summed E-state index contributed by atoms with van der Waals surface area (Å²) in [5.41, 5.74) is 21.9. The molecule has 0 amide bonds. The van der Waals surface area contributed by atoms with E-state index in [-0.39, 0.29) is 6.71 Å². The molecule has 0 bridgehead atoms. The summed E-state index contributed by atoms with van der Waals surface area (Å²) < 4.78 is 9.45. The molecule has 0 aliphatic carbocycles. The normalized spacial score (nSPS) is 12.2. The topological polar surface area (TPSA) is 139 Å². The molecule has 0 saturated carbocycles.